The van der Waals surface area contributed by atoms with Crippen molar-refractivity contribution in [1.82, 2.24) is 4.90 Å². The lowest BCUT2D eigenvalue weighted by atomic mass is 9.89. The van der Waals surface area contributed by atoms with Gasteiger partial charge in [-0.15, -0.1) is 12.4 Å². The van der Waals surface area contributed by atoms with E-state index >= 15 is 0 Å². The van der Waals surface area contributed by atoms with Crippen LogP contribution in [-0.2, 0) is 6.42 Å². The van der Waals surface area contributed by atoms with Gasteiger partial charge in [-0.1, -0.05) is 37.3 Å². The third kappa shape index (κ3) is 3.36. The number of hydrogen-bond acceptors (Lipinski definition) is 2. The lowest BCUT2D eigenvalue weighted by molar-refractivity contribution is 0.233. The summed E-state index contributed by atoms with van der Waals surface area (Å²) in [7, 11) is 2.13. The van der Waals surface area contributed by atoms with Crippen molar-refractivity contribution in [2.75, 3.05) is 13.6 Å². The quantitative estimate of drug-likeness (QED) is 0.897. The second-order valence-corrected chi connectivity index (χ2v) is 6.14. The zero-order valence-electron chi connectivity index (χ0n) is 13.5. The Labute approximate surface area is 143 Å². The average Bonchev–Trinajstić information content (AvgIpc) is 2.87. The van der Waals surface area contributed by atoms with Crippen molar-refractivity contribution in [1.29, 1.82) is 0 Å². The maximum atomic E-state index is 13.9. The molecule has 2 aromatic carbocycles. The molecule has 0 unspecified atom stereocenters. The van der Waals surface area contributed by atoms with E-state index in [9.17, 15) is 9.50 Å². The summed E-state index contributed by atoms with van der Waals surface area (Å²) in [5.74, 6) is -0.620. The number of benzene rings is 2. The fourth-order valence-electron chi connectivity index (χ4n) is 3.63. The largest absolute Gasteiger partial charge is 0.505 e. The molecule has 4 heteroatoms. The first-order chi connectivity index (χ1) is 10.6. The number of fused-ring (bicyclic) bond motifs is 1. The van der Waals surface area contributed by atoms with Crippen LogP contribution in [-0.4, -0.2) is 29.6 Å². The van der Waals surface area contributed by atoms with Gasteiger partial charge in [0, 0.05) is 12.0 Å². The highest BCUT2D eigenvalue weighted by Crippen LogP contribution is 2.42. The Hall–Kier alpha value is -1.58. The molecule has 0 aromatic heterocycles. The Morgan fingerprint density at radius 3 is 2.57 bits per heavy atom. The predicted molar refractivity (Wildman–Crippen MR) is 94.0 cm³/mol. The van der Waals surface area contributed by atoms with Gasteiger partial charge in [-0.3, -0.25) is 0 Å². The molecule has 124 valence electrons. The number of rotatable bonds is 4. The number of likely N-dealkylation sites (N-methyl/N-ethyl adjacent to an activating group) is 1. The summed E-state index contributed by atoms with van der Waals surface area (Å²) in [6, 6.07) is 13.7. The number of halogens is 2. The highest BCUT2D eigenvalue weighted by atomic mass is 35.5. The fraction of sp³-hybridized carbons (Fsp3) is 0.368. The van der Waals surface area contributed by atoms with Crippen LogP contribution >= 0.6 is 12.4 Å². The van der Waals surface area contributed by atoms with Crippen molar-refractivity contribution in [2.24, 2.45) is 0 Å². The molecule has 1 aliphatic carbocycles. The van der Waals surface area contributed by atoms with Crippen LogP contribution in [0.4, 0.5) is 4.39 Å². The van der Waals surface area contributed by atoms with Crippen LogP contribution in [0.5, 0.6) is 5.75 Å². The van der Waals surface area contributed by atoms with E-state index in [4.69, 9.17) is 0 Å². The third-order valence-corrected chi connectivity index (χ3v) is 4.66. The van der Waals surface area contributed by atoms with Crippen molar-refractivity contribution >= 4 is 12.4 Å². The number of phenolic OH excluding ortho intramolecular Hbond substituents is 1. The Morgan fingerprint density at radius 1 is 1.22 bits per heavy atom. The van der Waals surface area contributed by atoms with Crippen LogP contribution in [0.2, 0.25) is 0 Å². The van der Waals surface area contributed by atoms with Crippen molar-refractivity contribution < 1.29 is 9.50 Å². The van der Waals surface area contributed by atoms with E-state index in [0.29, 0.717) is 6.04 Å². The number of hydrogen-bond donors (Lipinski definition) is 1. The molecule has 23 heavy (non-hydrogen) atoms. The summed E-state index contributed by atoms with van der Waals surface area (Å²) >= 11 is 0. The van der Waals surface area contributed by atoms with Crippen LogP contribution in [0.3, 0.4) is 0 Å². The Kier molecular flexibility index (Phi) is 5.66. The third-order valence-electron chi connectivity index (χ3n) is 4.66. The second kappa shape index (κ2) is 7.33. The molecule has 0 radical (unpaired) electrons. The van der Waals surface area contributed by atoms with E-state index in [-0.39, 0.29) is 24.1 Å². The number of aromatic hydroxyl groups is 1. The zero-order valence-corrected chi connectivity index (χ0v) is 14.3. The van der Waals surface area contributed by atoms with Gasteiger partial charge in [-0.05, 0) is 55.3 Å². The highest BCUT2D eigenvalue weighted by Gasteiger charge is 2.36. The molecule has 0 bridgehead atoms. The molecule has 3 rings (SSSR count). The fourth-order valence-corrected chi connectivity index (χ4v) is 3.63. The Bertz CT molecular complexity index is 662. The first kappa shape index (κ1) is 17.8. The lowest BCUT2D eigenvalue weighted by Crippen LogP contribution is -2.36. The van der Waals surface area contributed by atoms with E-state index in [0.717, 1.165) is 30.5 Å². The van der Waals surface area contributed by atoms with Gasteiger partial charge in [0.15, 0.2) is 11.6 Å². The van der Waals surface area contributed by atoms with Crippen LogP contribution in [0.15, 0.2) is 42.5 Å². The standard InChI is InChI=1S/C19H22FNO.ClH/c1-3-9-21(2)17-10-14-11-18(22)16(20)12-15(14)19(17)13-7-5-4-6-8-13;/h4-8,11-12,17,19,22H,3,9-10H2,1-2H3;1H/t17-,19-;/m1./s1. The Balaban J connectivity index is 0.00000192. The van der Waals surface area contributed by atoms with Crippen molar-refractivity contribution in [3.05, 3.63) is 65.0 Å². The molecule has 1 aliphatic rings. The van der Waals surface area contributed by atoms with Crippen LogP contribution < -0.4 is 0 Å². The van der Waals surface area contributed by atoms with E-state index in [1.165, 1.54) is 11.6 Å². The van der Waals surface area contributed by atoms with Gasteiger partial charge in [-0.25, -0.2) is 4.39 Å². The minimum atomic E-state index is -0.529. The van der Waals surface area contributed by atoms with Crippen molar-refractivity contribution in [3.8, 4) is 5.75 Å². The minimum absolute atomic E-state index is 0. The molecule has 0 fully saturated rings. The molecular formula is C19H23ClFNO. The molecule has 0 saturated carbocycles. The van der Waals surface area contributed by atoms with Crippen LogP contribution in [0.1, 0.15) is 36.0 Å². The molecule has 0 saturated heterocycles. The number of phenols is 1. The highest BCUT2D eigenvalue weighted by molar-refractivity contribution is 5.85. The number of nitrogens with zero attached hydrogens (tertiary/aromatic N) is 1. The van der Waals surface area contributed by atoms with E-state index in [1.54, 1.807) is 6.07 Å². The summed E-state index contributed by atoms with van der Waals surface area (Å²) in [5, 5.41) is 9.68. The lowest BCUT2D eigenvalue weighted by Gasteiger charge is -2.30. The van der Waals surface area contributed by atoms with Gasteiger partial charge in [-0.2, -0.15) is 0 Å². The normalized spacial score (nSPS) is 19.5. The van der Waals surface area contributed by atoms with Crippen molar-refractivity contribution in [2.45, 2.75) is 31.7 Å². The molecule has 0 heterocycles. The first-order valence-electron chi connectivity index (χ1n) is 7.88. The summed E-state index contributed by atoms with van der Waals surface area (Å²) < 4.78 is 13.9. The molecule has 0 amide bonds. The maximum Gasteiger partial charge on any atom is 0.165 e. The predicted octanol–water partition coefficient (Wildman–Crippen LogP) is 4.35. The SMILES string of the molecule is CCCN(C)[C@@H]1Cc2cc(O)c(F)cc2[C@H]1c1ccccc1.Cl. The van der Waals surface area contributed by atoms with Gasteiger partial charge in [0.05, 0.1) is 0 Å². The van der Waals surface area contributed by atoms with Gasteiger partial charge in [0.1, 0.15) is 0 Å². The second-order valence-electron chi connectivity index (χ2n) is 6.14. The van der Waals surface area contributed by atoms with Crippen LogP contribution in [0.25, 0.3) is 0 Å². The van der Waals surface area contributed by atoms with E-state index in [1.807, 2.05) is 18.2 Å². The summed E-state index contributed by atoms with van der Waals surface area (Å²) in [6.45, 7) is 3.18. The molecular weight excluding hydrogens is 313 g/mol. The van der Waals surface area contributed by atoms with Gasteiger partial charge >= 0.3 is 0 Å². The van der Waals surface area contributed by atoms with Gasteiger partial charge < -0.3 is 10.0 Å². The maximum absolute atomic E-state index is 13.9. The molecule has 1 N–H and O–H groups in total. The molecule has 2 atom stereocenters. The van der Waals surface area contributed by atoms with E-state index < -0.39 is 5.82 Å². The van der Waals surface area contributed by atoms with Crippen LogP contribution in [0, 0.1) is 5.82 Å². The first-order valence-corrected chi connectivity index (χ1v) is 7.88. The smallest absolute Gasteiger partial charge is 0.165 e. The van der Waals surface area contributed by atoms with E-state index in [2.05, 4.69) is 31.0 Å². The average molecular weight is 336 g/mol. The summed E-state index contributed by atoms with van der Waals surface area (Å²) in [4.78, 5) is 2.35. The van der Waals surface area contributed by atoms with Gasteiger partial charge in [0.2, 0.25) is 0 Å². The topological polar surface area (TPSA) is 23.5 Å². The van der Waals surface area contributed by atoms with Crippen molar-refractivity contribution in [3.63, 3.8) is 0 Å². The summed E-state index contributed by atoms with van der Waals surface area (Å²) in [6.07, 6.45) is 1.93. The van der Waals surface area contributed by atoms with Gasteiger partial charge in [0.25, 0.3) is 0 Å². The molecule has 0 spiro atoms. The molecule has 2 aromatic rings. The minimum Gasteiger partial charge on any atom is -0.505 e. The molecule has 0 aliphatic heterocycles. The molecule has 2 nitrogen and oxygen atoms in total. The monoisotopic (exact) mass is 335 g/mol. The Morgan fingerprint density at radius 2 is 1.91 bits per heavy atom. The zero-order chi connectivity index (χ0) is 15.7. The summed E-state index contributed by atoms with van der Waals surface area (Å²) in [5.41, 5.74) is 3.27.